The molecule has 0 spiro atoms. The Labute approximate surface area is 173 Å². The molecule has 2 aliphatic heterocycles. The van der Waals surface area contributed by atoms with E-state index in [1.807, 2.05) is 0 Å². The monoisotopic (exact) mass is 395 g/mol. The van der Waals surface area contributed by atoms with Crippen LogP contribution in [0.1, 0.15) is 45.1 Å². The second kappa shape index (κ2) is 9.04. The van der Waals surface area contributed by atoms with E-state index in [2.05, 4.69) is 65.0 Å². The maximum absolute atomic E-state index is 12.6. The highest BCUT2D eigenvalue weighted by molar-refractivity contribution is 5.56. The third-order valence-electron chi connectivity index (χ3n) is 6.10. The van der Waals surface area contributed by atoms with Crippen LogP contribution in [0.25, 0.3) is 0 Å². The summed E-state index contributed by atoms with van der Waals surface area (Å²) in [5.74, 6) is 0.960. The molecule has 1 N–H and O–H groups in total. The molecule has 1 aromatic heterocycles. The first-order valence-corrected chi connectivity index (χ1v) is 11.0. The molecule has 0 bridgehead atoms. The highest BCUT2D eigenvalue weighted by Crippen LogP contribution is 2.28. The van der Waals surface area contributed by atoms with Gasteiger partial charge in [0.05, 0.1) is 12.2 Å². The van der Waals surface area contributed by atoms with Gasteiger partial charge in [0.15, 0.2) is 0 Å². The second-order valence-electron chi connectivity index (χ2n) is 8.64. The molecule has 156 valence electrons. The number of aromatic nitrogens is 1. The molecule has 5 heteroatoms. The SMILES string of the molecule is C[C@@H]1CN(c2cc(N3CCCCC[C@H]3Cc3ccccc3)[nH]c(=O)c2)C[C@@H](C)O1. The van der Waals surface area contributed by atoms with Crippen molar-refractivity contribution in [2.24, 2.45) is 0 Å². The summed E-state index contributed by atoms with van der Waals surface area (Å²) in [7, 11) is 0. The fourth-order valence-electron chi connectivity index (χ4n) is 4.83. The zero-order chi connectivity index (χ0) is 20.2. The Hall–Kier alpha value is -2.27. The summed E-state index contributed by atoms with van der Waals surface area (Å²) in [5.41, 5.74) is 2.35. The number of anilines is 2. The third kappa shape index (κ3) is 5.02. The predicted molar refractivity (Wildman–Crippen MR) is 119 cm³/mol. The average molecular weight is 396 g/mol. The van der Waals surface area contributed by atoms with Crippen LogP contribution in [0.5, 0.6) is 0 Å². The topological polar surface area (TPSA) is 48.6 Å². The Morgan fingerprint density at radius 2 is 1.79 bits per heavy atom. The van der Waals surface area contributed by atoms with E-state index in [1.54, 1.807) is 6.07 Å². The van der Waals surface area contributed by atoms with Gasteiger partial charge in [-0.2, -0.15) is 0 Å². The highest BCUT2D eigenvalue weighted by atomic mass is 16.5. The minimum absolute atomic E-state index is 0.0213. The molecular weight excluding hydrogens is 362 g/mol. The molecule has 2 fully saturated rings. The van der Waals surface area contributed by atoms with E-state index >= 15 is 0 Å². The van der Waals surface area contributed by atoms with E-state index in [0.29, 0.717) is 6.04 Å². The summed E-state index contributed by atoms with van der Waals surface area (Å²) in [6.45, 7) is 6.83. The number of hydrogen-bond acceptors (Lipinski definition) is 4. The number of pyridine rings is 1. The highest BCUT2D eigenvalue weighted by Gasteiger charge is 2.26. The first kappa shape index (κ1) is 20.0. The van der Waals surface area contributed by atoms with E-state index in [0.717, 1.165) is 44.0 Å². The number of hydrogen-bond donors (Lipinski definition) is 1. The van der Waals surface area contributed by atoms with Crippen molar-refractivity contribution in [1.82, 2.24) is 4.98 Å². The second-order valence-corrected chi connectivity index (χ2v) is 8.64. The van der Waals surface area contributed by atoms with Gasteiger partial charge in [0.2, 0.25) is 0 Å². The normalized spacial score (nSPS) is 25.7. The molecule has 3 heterocycles. The summed E-state index contributed by atoms with van der Waals surface area (Å²) in [6.07, 6.45) is 6.19. The number of aromatic amines is 1. The zero-order valence-corrected chi connectivity index (χ0v) is 17.6. The summed E-state index contributed by atoms with van der Waals surface area (Å²) in [5, 5.41) is 0. The van der Waals surface area contributed by atoms with Gasteiger partial charge in [0, 0.05) is 43.5 Å². The lowest BCUT2D eigenvalue weighted by Crippen LogP contribution is -2.46. The molecule has 1 aromatic carbocycles. The number of H-pyrrole nitrogens is 1. The van der Waals surface area contributed by atoms with Crippen molar-refractivity contribution in [3.05, 3.63) is 58.4 Å². The summed E-state index contributed by atoms with van der Waals surface area (Å²) >= 11 is 0. The summed E-state index contributed by atoms with van der Waals surface area (Å²) in [4.78, 5) is 20.4. The largest absolute Gasteiger partial charge is 0.372 e. The minimum Gasteiger partial charge on any atom is -0.372 e. The molecule has 2 aliphatic rings. The zero-order valence-electron chi connectivity index (χ0n) is 17.6. The maximum atomic E-state index is 12.6. The summed E-state index contributed by atoms with van der Waals surface area (Å²) in [6, 6.07) is 15.0. The molecule has 2 saturated heterocycles. The Morgan fingerprint density at radius 1 is 1.03 bits per heavy atom. The molecule has 5 nitrogen and oxygen atoms in total. The van der Waals surface area contributed by atoms with Crippen molar-refractivity contribution in [3.8, 4) is 0 Å². The van der Waals surface area contributed by atoms with Crippen LogP contribution in [0, 0.1) is 0 Å². The molecular formula is C24H33N3O2. The van der Waals surface area contributed by atoms with Gasteiger partial charge in [-0.1, -0.05) is 43.2 Å². The molecule has 0 amide bonds. The first-order chi connectivity index (χ1) is 14.1. The maximum Gasteiger partial charge on any atom is 0.251 e. The van der Waals surface area contributed by atoms with Gasteiger partial charge in [-0.15, -0.1) is 0 Å². The van der Waals surface area contributed by atoms with Crippen molar-refractivity contribution in [2.75, 3.05) is 29.4 Å². The fraction of sp³-hybridized carbons (Fsp3) is 0.542. The van der Waals surface area contributed by atoms with Crippen LogP contribution in [-0.4, -0.2) is 42.9 Å². The quantitative estimate of drug-likeness (QED) is 0.851. The lowest BCUT2D eigenvalue weighted by molar-refractivity contribution is -0.00522. The van der Waals surface area contributed by atoms with Crippen LogP contribution in [-0.2, 0) is 11.2 Å². The standard InChI is InChI=1S/C24H33N3O2/c1-18-16-26(17-19(2)29-18)22-14-23(25-24(28)15-22)27-12-8-4-7-11-21(27)13-20-9-5-3-6-10-20/h3,5-6,9-10,14-15,18-19,21H,4,7-8,11-13,16-17H2,1-2H3,(H,25,28)/t18-,19-,21+/m1/s1. The minimum atomic E-state index is -0.0213. The van der Waals surface area contributed by atoms with E-state index in [-0.39, 0.29) is 17.8 Å². The van der Waals surface area contributed by atoms with Gasteiger partial charge in [0.25, 0.3) is 5.56 Å². The van der Waals surface area contributed by atoms with Gasteiger partial charge >= 0.3 is 0 Å². The van der Waals surface area contributed by atoms with Crippen LogP contribution < -0.4 is 15.4 Å². The molecule has 0 saturated carbocycles. The van der Waals surface area contributed by atoms with E-state index < -0.39 is 0 Å². The van der Waals surface area contributed by atoms with Crippen LogP contribution >= 0.6 is 0 Å². The first-order valence-electron chi connectivity index (χ1n) is 11.0. The van der Waals surface area contributed by atoms with Crippen LogP contribution in [0.15, 0.2) is 47.3 Å². The molecule has 0 radical (unpaired) electrons. The molecule has 4 rings (SSSR count). The van der Waals surface area contributed by atoms with Crippen molar-refractivity contribution < 1.29 is 4.74 Å². The predicted octanol–water partition coefficient (Wildman–Crippen LogP) is 3.98. The number of benzene rings is 1. The number of ether oxygens (including phenoxy) is 1. The molecule has 2 aromatic rings. The Morgan fingerprint density at radius 3 is 2.55 bits per heavy atom. The lowest BCUT2D eigenvalue weighted by Gasteiger charge is -2.37. The van der Waals surface area contributed by atoms with Gasteiger partial charge in [-0.3, -0.25) is 4.79 Å². The summed E-state index contributed by atoms with van der Waals surface area (Å²) < 4.78 is 5.88. The number of rotatable bonds is 4. The molecule has 29 heavy (non-hydrogen) atoms. The van der Waals surface area contributed by atoms with Crippen molar-refractivity contribution in [2.45, 2.75) is 64.2 Å². The van der Waals surface area contributed by atoms with Crippen molar-refractivity contribution >= 4 is 11.5 Å². The smallest absolute Gasteiger partial charge is 0.251 e. The number of nitrogens with zero attached hydrogens (tertiary/aromatic N) is 2. The third-order valence-corrected chi connectivity index (χ3v) is 6.10. The van der Waals surface area contributed by atoms with Crippen molar-refractivity contribution in [1.29, 1.82) is 0 Å². The van der Waals surface area contributed by atoms with Crippen LogP contribution in [0.3, 0.4) is 0 Å². The van der Waals surface area contributed by atoms with E-state index in [4.69, 9.17) is 4.74 Å². The van der Waals surface area contributed by atoms with Crippen LogP contribution in [0.2, 0.25) is 0 Å². The van der Waals surface area contributed by atoms with Gasteiger partial charge < -0.3 is 19.5 Å². The van der Waals surface area contributed by atoms with Gasteiger partial charge in [-0.05, 0) is 38.7 Å². The number of nitrogens with one attached hydrogen (secondary N) is 1. The molecule has 3 atom stereocenters. The van der Waals surface area contributed by atoms with E-state index in [1.165, 1.54) is 24.8 Å². The van der Waals surface area contributed by atoms with E-state index in [9.17, 15) is 4.79 Å². The Balaban J connectivity index is 1.62. The van der Waals surface area contributed by atoms with Gasteiger partial charge in [0.1, 0.15) is 5.82 Å². The Kier molecular flexibility index (Phi) is 6.24. The lowest BCUT2D eigenvalue weighted by atomic mass is 10.0. The van der Waals surface area contributed by atoms with Crippen LogP contribution in [0.4, 0.5) is 11.5 Å². The molecule has 0 aliphatic carbocycles. The fourth-order valence-corrected chi connectivity index (χ4v) is 4.83. The van der Waals surface area contributed by atoms with Crippen molar-refractivity contribution in [3.63, 3.8) is 0 Å². The molecule has 0 unspecified atom stereocenters. The average Bonchev–Trinajstić information content (AvgIpc) is 2.93. The number of morpholine rings is 1. The Bertz CT molecular complexity index is 841. The van der Waals surface area contributed by atoms with Gasteiger partial charge in [-0.25, -0.2) is 0 Å².